The second kappa shape index (κ2) is 5.26. The van der Waals surface area contributed by atoms with Crippen LogP contribution in [-0.4, -0.2) is 14.5 Å². The summed E-state index contributed by atoms with van der Waals surface area (Å²) in [5.41, 5.74) is 2.39. The summed E-state index contributed by atoms with van der Waals surface area (Å²) in [6.07, 6.45) is 2.38. The van der Waals surface area contributed by atoms with E-state index in [2.05, 4.69) is 33.3 Å². The molecule has 6 heteroatoms. The van der Waals surface area contributed by atoms with Crippen LogP contribution in [0.15, 0.2) is 33.8 Å². The van der Waals surface area contributed by atoms with Gasteiger partial charge in [-0.1, -0.05) is 46.9 Å². The number of aromatic nitrogens is 2. The summed E-state index contributed by atoms with van der Waals surface area (Å²) in [4.78, 5) is 9.11. The fourth-order valence-corrected chi connectivity index (χ4v) is 3.94. The third kappa shape index (κ3) is 2.62. The first-order chi connectivity index (χ1) is 9.88. The lowest BCUT2D eigenvalue weighted by Crippen LogP contribution is -1.96. The van der Waals surface area contributed by atoms with Gasteiger partial charge in [-0.3, -0.25) is 0 Å². The van der Waals surface area contributed by atoms with Crippen molar-refractivity contribution in [3.63, 3.8) is 0 Å². The van der Waals surface area contributed by atoms with Gasteiger partial charge in [-0.25, -0.2) is 4.99 Å². The zero-order valence-electron chi connectivity index (χ0n) is 10.8. The van der Waals surface area contributed by atoms with Crippen molar-refractivity contribution in [2.24, 2.45) is 4.99 Å². The van der Waals surface area contributed by atoms with Crippen molar-refractivity contribution in [1.82, 2.24) is 10.1 Å². The Balaban J connectivity index is 1.43. The van der Waals surface area contributed by atoms with Gasteiger partial charge in [0.2, 0.25) is 5.89 Å². The van der Waals surface area contributed by atoms with E-state index in [0.717, 1.165) is 33.3 Å². The third-order valence-electron chi connectivity index (χ3n) is 3.29. The Morgan fingerprint density at radius 3 is 3.10 bits per heavy atom. The van der Waals surface area contributed by atoms with Crippen LogP contribution in [0.4, 0.5) is 5.69 Å². The highest BCUT2D eigenvalue weighted by atomic mass is 32.2. The van der Waals surface area contributed by atoms with Crippen LogP contribution in [0.2, 0.25) is 0 Å². The molecular formula is C14H13N3OS2. The number of rotatable bonds is 3. The maximum absolute atomic E-state index is 5.26. The number of para-hydroxylation sites is 1. The monoisotopic (exact) mass is 303 g/mol. The molecule has 4 rings (SSSR count). The smallest absolute Gasteiger partial charge is 0.229 e. The molecule has 0 atom stereocenters. The molecule has 0 bridgehead atoms. The number of hydrogen-bond acceptors (Lipinski definition) is 6. The minimum atomic E-state index is 0.523. The molecule has 1 aliphatic carbocycles. The lowest BCUT2D eigenvalue weighted by Gasteiger charge is -2.13. The van der Waals surface area contributed by atoms with Crippen LogP contribution in [0, 0.1) is 0 Å². The highest BCUT2D eigenvalue weighted by Gasteiger charge is 2.29. The molecule has 1 aromatic carbocycles. The van der Waals surface area contributed by atoms with Crippen LogP contribution in [0.25, 0.3) is 0 Å². The minimum absolute atomic E-state index is 0.523. The summed E-state index contributed by atoms with van der Waals surface area (Å²) in [7, 11) is 0. The standard InChI is InChI=1S/C14H13N3OS2/c1-2-4-11-10(3-1)7-19-14(15-11)20-8-12-16-13(18-17-12)9-5-6-9/h1-4,9H,5-8H2. The van der Waals surface area contributed by atoms with E-state index in [0.29, 0.717) is 5.92 Å². The third-order valence-corrected chi connectivity index (χ3v) is 5.53. The van der Waals surface area contributed by atoms with Crippen LogP contribution in [0.1, 0.15) is 36.0 Å². The molecule has 20 heavy (non-hydrogen) atoms. The summed E-state index contributed by atoms with van der Waals surface area (Å²) >= 11 is 3.46. The molecule has 2 aliphatic rings. The molecule has 102 valence electrons. The van der Waals surface area contributed by atoms with E-state index in [4.69, 9.17) is 4.52 Å². The second-order valence-electron chi connectivity index (χ2n) is 4.91. The molecule has 2 heterocycles. The van der Waals surface area contributed by atoms with Gasteiger partial charge >= 0.3 is 0 Å². The maximum Gasteiger partial charge on any atom is 0.229 e. The van der Waals surface area contributed by atoms with E-state index in [1.807, 2.05) is 6.07 Å². The molecule has 0 amide bonds. The van der Waals surface area contributed by atoms with Crippen LogP contribution in [0.5, 0.6) is 0 Å². The largest absolute Gasteiger partial charge is 0.339 e. The SMILES string of the molecule is c1ccc2c(c1)CSC(SCc1noc(C3CC3)n1)=N2. The number of fused-ring (bicyclic) bond motifs is 1. The van der Waals surface area contributed by atoms with Gasteiger partial charge in [0.05, 0.1) is 11.4 Å². The molecule has 2 aromatic rings. The normalized spacial score (nSPS) is 17.7. The fraction of sp³-hybridized carbons (Fsp3) is 0.357. The van der Waals surface area contributed by atoms with Crippen molar-refractivity contribution < 1.29 is 4.52 Å². The zero-order valence-corrected chi connectivity index (χ0v) is 12.4. The number of benzene rings is 1. The topological polar surface area (TPSA) is 51.3 Å². The van der Waals surface area contributed by atoms with E-state index in [-0.39, 0.29) is 0 Å². The van der Waals surface area contributed by atoms with Crippen LogP contribution in [-0.2, 0) is 11.5 Å². The van der Waals surface area contributed by atoms with Crippen molar-refractivity contribution >= 4 is 33.6 Å². The number of aliphatic imine (C=N–C) groups is 1. The van der Waals surface area contributed by atoms with Gasteiger partial charge in [-0.15, -0.1) is 0 Å². The molecule has 1 fully saturated rings. The zero-order chi connectivity index (χ0) is 13.4. The van der Waals surface area contributed by atoms with E-state index in [1.165, 1.54) is 18.4 Å². The van der Waals surface area contributed by atoms with Gasteiger partial charge in [-0.05, 0) is 24.5 Å². The van der Waals surface area contributed by atoms with Crippen molar-refractivity contribution in [3.05, 3.63) is 41.5 Å². The van der Waals surface area contributed by atoms with Gasteiger partial charge in [-0.2, -0.15) is 4.98 Å². The summed E-state index contributed by atoms with van der Waals surface area (Å²) in [5, 5.41) is 4.03. The van der Waals surface area contributed by atoms with Gasteiger partial charge in [0.25, 0.3) is 0 Å². The van der Waals surface area contributed by atoms with Crippen molar-refractivity contribution in [2.75, 3.05) is 0 Å². The summed E-state index contributed by atoms with van der Waals surface area (Å²) in [5.74, 6) is 3.82. The maximum atomic E-state index is 5.26. The van der Waals surface area contributed by atoms with E-state index < -0.39 is 0 Å². The van der Waals surface area contributed by atoms with Gasteiger partial charge in [0.15, 0.2) is 5.82 Å². The Bertz CT molecular complexity index is 664. The Labute approximate surface area is 125 Å². The molecule has 1 aromatic heterocycles. The van der Waals surface area contributed by atoms with E-state index in [1.54, 1.807) is 23.5 Å². The summed E-state index contributed by atoms with van der Waals surface area (Å²) < 4.78 is 6.35. The van der Waals surface area contributed by atoms with E-state index in [9.17, 15) is 0 Å². The highest BCUT2D eigenvalue weighted by Crippen LogP contribution is 2.39. The molecule has 0 N–H and O–H groups in total. The molecule has 0 radical (unpaired) electrons. The number of hydrogen-bond donors (Lipinski definition) is 0. The quantitative estimate of drug-likeness (QED) is 0.854. The van der Waals surface area contributed by atoms with Crippen molar-refractivity contribution in [1.29, 1.82) is 0 Å². The predicted molar refractivity (Wildman–Crippen MR) is 82.4 cm³/mol. The fourth-order valence-electron chi connectivity index (χ4n) is 2.03. The molecule has 1 saturated carbocycles. The van der Waals surface area contributed by atoms with Crippen molar-refractivity contribution in [2.45, 2.75) is 30.3 Å². The predicted octanol–water partition coefficient (Wildman–Crippen LogP) is 4.11. The second-order valence-corrected chi connectivity index (χ2v) is 7.09. The minimum Gasteiger partial charge on any atom is -0.339 e. The lowest BCUT2D eigenvalue weighted by molar-refractivity contribution is 0.375. The molecule has 0 saturated heterocycles. The molecular weight excluding hydrogens is 290 g/mol. The van der Waals surface area contributed by atoms with Crippen LogP contribution < -0.4 is 0 Å². The first-order valence-corrected chi connectivity index (χ1v) is 8.60. The van der Waals surface area contributed by atoms with E-state index >= 15 is 0 Å². The van der Waals surface area contributed by atoms with Crippen LogP contribution >= 0.6 is 23.5 Å². The van der Waals surface area contributed by atoms with Crippen molar-refractivity contribution in [3.8, 4) is 0 Å². The molecule has 0 spiro atoms. The molecule has 0 unspecified atom stereocenters. The first kappa shape index (κ1) is 12.5. The Morgan fingerprint density at radius 2 is 2.20 bits per heavy atom. The van der Waals surface area contributed by atoms with Gasteiger partial charge in [0, 0.05) is 11.7 Å². The number of nitrogens with zero attached hydrogens (tertiary/aromatic N) is 3. The summed E-state index contributed by atoms with van der Waals surface area (Å²) in [6.45, 7) is 0. The highest BCUT2D eigenvalue weighted by molar-refractivity contribution is 8.38. The Kier molecular flexibility index (Phi) is 3.28. The van der Waals surface area contributed by atoms with Crippen LogP contribution in [0.3, 0.4) is 0 Å². The summed E-state index contributed by atoms with van der Waals surface area (Å²) in [6, 6.07) is 8.29. The Morgan fingerprint density at radius 1 is 1.30 bits per heavy atom. The van der Waals surface area contributed by atoms with Gasteiger partial charge < -0.3 is 4.52 Å². The number of thioether (sulfide) groups is 2. The molecule has 1 aliphatic heterocycles. The molecule has 4 nitrogen and oxygen atoms in total. The lowest BCUT2D eigenvalue weighted by atomic mass is 10.2. The first-order valence-electron chi connectivity index (χ1n) is 6.63. The average molecular weight is 303 g/mol. The Hall–Kier alpha value is -1.27. The average Bonchev–Trinajstić information content (AvgIpc) is 3.24. The van der Waals surface area contributed by atoms with Gasteiger partial charge in [0.1, 0.15) is 4.38 Å².